The first-order valence-corrected chi connectivity index (χ1v) is 12.8. The fourth-order valence-electron chi connectivity index (χ4n) is 5.19. The average Bonchev–Trinajstić information content (AvgIpc) is 3.47. The van der Waals surface area contributed by atoms with Gasteiger partial charge < -0.3 is 24.3 Å². The van der Waals surface area contributed by atoms with Crippen LogP contribution in [0.5, 0.6) is 0 Å². The Labute approximate surface area is 207 Å². The molecule has 1 amide bonds. The third kappa shape index (κ3) is 5.95. The first-order valence-electron chi connectivity index (χ1n) is 12.8. The standard InChI is InChI=1S/C29H35N3O3/c33-29(32-18-21-34-22-19-32)24-8-10-26(11-9-24)31-16-13-25(14-17-31)30-15-12-27(28-7-4-20-35-28)23-5-2-1-3-6-23/h1-11,20,25,27,30H,12-19,21-22H2/t27-/m0/s1. The van der Waals surface area contributed by atoms with E-state index in [4.69, 9.17) is 9.15 Å². The minimum atomic E-state index is 0.103. The van der Waals surface area contributed by atoms with Crippen LogP contribution >= 0.6 is 0 Å². The number of piperidine rings is 1. The summed E-state index contributed by atoms with van der Waals surface area (Å²) in [7, 11) is 0. The summed E-state index contributed by atoms with van der Waals surface area (Å²) >= 11 is 0. The number of anilines is 1. The highest BCUT2D eigenvalue weighted by Gasteiger charge is 2.22. The van der Waals surface area contributed by atoms with Crippen molar-refractivity contribution in [1.82, 2.24) is 10.2 Å². The van der Waals surface area contributed by atoms with E-state index in [9.17, 15) is 4.79 Å². The Bertz CT molecular complexity index is 1040. The number of nitrogens with one attached hydrogen (secondary N) is 1. The van der Waals surface area contributed by atoms with Crippen LogP contribution in [0.25, 0.3) is 0 Å². The van der Waals surface area contributed by atoms with Gasteiger partial charge in [0.1, 0.15) is 5.76 Å². The molecule has 1 aromatic heterocycles. The number of carbonyl (C=O) groups is 1. The van der Waals surface area contributed by atoms with Crippen molar-refractivity contribution in [2.75, 3.05) is 50.8 Å². The topological polar surface area (TPSA) is 58.0 Å². The molecule has 0 radical (unpaired) electrons. The molecule has 2 aliphatic heterocycles. The summed E-state index contributed by atoms with van der Waals surface area (Å²) < 4.78 is 11.1. The molecule has 3 heterocycles. The number of amides is 1. The maximum absolute atomic E-state index is 12.7. The molecule has 0 bridgehead atoms. The van der Waals surface area contributed by atoms with Crippen molar-refractivity contribution >= 4 is 11.6 Å². The van der Waals surface area contributed by atoms with Gasteiger partial charge in [-0.1, -0.05) is 30.3 Å². The normalized spacial score (nSPS) is 17.9. The summed E-state index contributed by atoms with van der Waals surface area (Å²) in [5.41, 5.74) is 3.26. The zero-order valence-corrected chi connectivity index (χ0v) is 20.3. The number of hydrogen-bond donors (Lipinski definition) is 1. The second-order valence-corrected chi connectivity index (χ2v) is 9.43. The van der Waals surface area contributed by atoms with E-state index >= 15 is 0 Å². The van der Waals surface area contributed by atoms with Gasteiger partial charge >= 0.3 is 0 Å². The summed E-state index contributed by atoms with van der Waals surface area (Å²) in [5, 5.41) is 3.79. The van der Waals surface area contributed by atoms with Gasteiger partial charge in [-0.25, -0.2) is 0 Å². The van der Waals surface area contributed by atoms with Crippen LogP contribution in [0.15, 0.2) is 77.4 Å². The number of furan rings is 1. The number of nitrogens with zero attached hydrogens (tertiary/aromatic N) is 2. The Balaban J connectivity index is 1.09. The molecule has 2 fully saturated rings. The molecule has 2 saturated heterocycles. The molecule has 0 saturated carbocycles. The lowest BCUT2D eigenvalue weighted by molar-refractivity contribution is 0.0303. The highest BCUT2D eigenvalue weighted by molar-refractivity contribution is 5.94. The van der Waals surface area contributed by atoms with Crippen molar-refractivity contribution in [1.29, 1.82) is 0 Å². The fourth-order valence-corrected chi connectivity index (χ4v) is 5.19. The molecule has 3 aromatic rings. The molecular weight excluding hydrogens is 438 g/mol. The molecular formula is C29H35N3O3. The molecule has 1 atom stereocenters. The molecule has 0 unspecified atom stereocenters. The quantitative estimate of drug-likeness (QED) is 0.521. The number of ether oxygens (including phenoxy) is 1. The zero-order valence-electron chi connectivity index (χ0n) is 20.3. The van der Waals surface area contributed by atoms with Crippen molar-refractivity contribution in [2.24, 2.45) is 0 Å². The van der Waals surface area contributed by atoms with Gasteiger partial charge in [-0.3, -0.25) is 4.79 Å². The van der Waals surface area contributed by atoms with E-state index in [0.717, 1.165) is 50.2 Å². The van der Waals surface area contributed by atoms with Crippen LogP contribution in [-0.4, -0.2) is 62.8 Å². The number of rotatable bonds is 8. The molecule has 1 N–H and O–H groups in total. The molecule has 2 aliphatic rings. The molecule has 0 aliphatic carbocycles. The van der Waals surface area contributed by atoms with Gasteiger partial charge in [-0.05, 0) is 67.8 Å². The minimum Gasteiger partial charge on any atom is -0.469 e. The van der Waals surface area contributed by atoms with Crippen molar-refractivity contribution < 1.29 is 13.9 Å². The van der Waals surface area contributed by atoms with Gasteiger partial charge in [0.2, 0.25) is 0 Å². The van der Waals surface area contributed by atoms with Crippen LogP contribution in [0.2, 0.25) is 0 Å². The van der Waals surface area contributed by atoms with Gasteiger partial charge in [-0.15, -0.1) is 0 Å². The van der Waals surface area contributed by atoms with E-state index in [1.165, 1.54) is 11.3 Å². The largest absolute Gasteiger partial charge is 0.469 e. The number of hydrogen-bond acceptors (Lipinski definition) is 5. The van der Waals surface area contributed by atoms with E-state index in [1.54, 1.807) is 6.26 Å². The van der Waals surface area contributed by atoms with Crippen molar-refractivity contribution in [3.8, 4) is 0 Å². The second kappa shape index (κ2) is 11.6. The number of morpholine rings is 1. The SMILES string of the molecule is O=C(c1ccc(N2CCC(NCC[C@@H](c3ccccc3)c3ccco3)CC2)cc1)N1CCOCC1. The van der Waals surface area contributed by atoms with Crippen LogP contribution in [0.1, 0.15) is 46.9 Å². The molecule has 0 spiro atoms. The third-order valence-corrected chi connectivity index (χ3v) is 7.23. The van der Waals surface area contributed by atoms with Crippen LogP contribution in [0.3, 0.4) is 0 Å². The van der Waals surface area contributed by atoms with Gasteiger partial charge in [0, 0.05) is 49.4 Å². The third-order valence-electron chi connectivity index (χ3n) is 7.23. The Hall–Kier alpha value is -3.09. The lowest BCUT2D eigenvalue weighted by atomic mass is 9.93. The summed E-state index contributed by atoms with van der Waals surface area (Å²) in [6.45, 7) is 5.61. The van der Waals surface area contributed by atoms with E-state index in [0.29, 0.717) is 32.3 Å². The van der Waals surface area contributed by atoms with Crippen LogP contribution in [0, 0.1) is 0 Å². The van der Waals surface area contributed by atoms with Gasteiger partial charge in [0.25, 0.3) is 5.91 Å². The summed E-state index contributed by atoms with van der Waals surface area (Å²) in [6, 6.07) is 23.3. The molecule has 2 aromatic carbocycles. The van der Waals surface area contributed by atoms with Crippen molar-refractivity contribution in [3.63, 3.8) is 0 Å². The number of carbonyl (C=O) groups excluding carboxylic acids is 1. The van der Waals surface area contributed by atoms with E-state index in [2.05, 4.69) is 58.7 Å². The van der Waals surface area contributed by atoms with E-state index in [1.807, 2.05) is 23.1 Å². The summed E-state index contributed by atoms with van der Waals surface area (Å²) in [6.07, 6.45) is 5.01. The maximum Gasteiger partial charge on any atom is 0.254 e. The fraction of sp³-hybridized carbons (Fsp3) is 0.414. The Morgan fingerprint density at radius 2 is 1.66 bits per heavy atom. The Kier molecular flexibility index (Phi) is 7.81. The van der Waals surface area contributed by atoms with Gasteiger partial charge in [-0.2, -0.15) is 0 Å². The number of benzene rings is 2. The lowest BCUT2D eigenvalue weighted by Crippen LogP contribution is -2.43. The lowest BCUT2D eigenvalue weighted by Gasteiger charge is -2.34. The molecule has 6 heteroatoms. The van der Waals surface area contributed by atoms with Crippen LogP contribution < -0.4 is 10.2 Å². The summed E-state index contributed by atoms with van der Waals surface area (Å²) in [5.74, 6) is 1.41. The predicted octanol–water partition coefficient (Wildman–Crippen LogP) is 4.53. The highest BCUT2D eigenvalue weighted by Crippen LogP contribution is 2.28. The predicted molar refractivity (Wildman–Crippen MR) is 138 cm³/mol. The first-order chi connectivity index (χ1) is 17.3. The minimum absolute atomic E-state index is 0.103. The van der Waals surface area contributed by atoms with E-state index < -0.39 is 0 Å². The van der Waals surface area contributed by atoms with Crippen molar-refractivity contribution in [3.05, 3.63) is 89.9 Å². The van der Waals surface area contributed by atoms with Crippen LogP contribution in [0.4, 0.5) is 5.69 Å². The van der Waals surface area contributed by atoms with Gasteiger partial charge in [0.05, 0.1) is 19.5 Å². The van der Waals surface area contributed by atoms with E-state index in [-0.39, 0.29) is 11.8 Å². The van der Waals surface area contributed by atoms with Crippen LogP contribution in [-0.2, 0) is 4.74 Å². The smallest absolute Gasteiger partial charge is 0.254 e. The highest BCUT2D eigenvalue weighted by atomic mass is 16.5. The second-order valence-electron chi connectivity index (χ2n) is 9.43. The molecule has 5 rings (SSSR count). The average molecular weight is 474 g/mol. The molecule has 35 heavy (non-hydrogen) atoms. The molecule has 184 valence electrons. The zero-order chi connectivity index (χ0) is 23.9. The first kappa shape index (κ1) is 23.6. The monoisotopic (exact) mass is 473 g/mol. The Morgan fingerprint density at radius 3 is 2.34 bits per heavy atom. The summed E-state index contributed by atoms with van der Waals surface area (Å²) in [4.78, 5) is 17.0. The molecule has 6 nitrogen and oxygen atoms in total. The Morgan fingerprint density at radius 1 is 0.914 bits per heavy atom. The van der Waals surface area contributed by atoms with Crippen molar-refractivity contribution in [2.45, 2.75) is 31.2 Å². The maximum atomic E-state index is 12.7. The van der Waals surface area contributed by atoms with Gasteiger partial charge in [0.15, 0.2) is 0 Å².